The molecule has 0 fully saturated rings. The number of aromatic nitrogens is 1. The Hall–Kier alpha value is -2.80. The van der Waals surface area contributed by atoms with E-state index in [1.807, 2.05) is 6.07 Å². The molecule has 2 aromatic rings. The van der Waals surface area contributed by atoms with Crippen molar-refractivity contribution in [2.75, 3.05) is 5.32 Å². The second-order valence-electron chi connectivity index (χ2n) is 6.52. The molecule has 0 unspecified atom stereocenters. The minimum absolute atomic E-state index is 0.00619. The first-order chi connectivity index (χ1) is 12.1. The number of aromatic carboxylic acids is 1. The molecule has 1 amide bonds. The van der Waals surface area contributed by atoms with Crippen LogP contribution >= 0.6 is 11.6 Å². The number of nitrogens with zero attached hydrogens (tertiary/aromatic N) is 1. The van der Waals surface area contributed by atoms with E-state index in [0.717, 1.165) is 5.56 Å². The van der Waals surface area contributed by atoms with Crippen molar-refractivity contribution in [2.45, 2.75) is 32.9 Å². The molecule has 26 heavy (non-hydrogen) atoms. The van der Waals surface area contributed by atoms with Crippen LogP contribution in [0.5, 0.6) is 0 Å². The molecule has 0 saturated heterocycles. The fourth-order valence-electron chi connectivity index (χ4n) is 2.09. The summed E-state index contributed by atoms with van der Waals surface area (Å²) < 4.78 is 5.18. The number of alkyl carbamates (subject to hydrolysis) is 1. The Morgan fingerprint density at radius 1 is 1.23 bits per heavy atom. The SMILES string of the molecule is CC(C)(C)OC(=O)NCc1cccc(Nc2nc(Cl)ccc2C(=O)O)c1. The minimum atomic E-state index is -1.11. The molecule has 1 aromatic carbocycles. The number of pyridine rings is 1. The average Bonchev–Trinajstić information content (AvgIpc) is 2.51. The lowest BCUT2D eigenvalue weighted by atomic mass is 10.2. The van der Waals surface area contributed by atoms with Crippen LogP contribution < -0.4 is 10.6 Å². The largest absolute Gasteiger partial charge is 0.478 e. The van der Waals surface area contributed by atoms with Crippen molar-refractivity contribution >= 4 is 35.2 Å². The molecule has 8 heteroatoms. The molecule has 0 spiro atoms. The number of hydrogen-bond donors (Lipinski definition) is 3. The smallest absolute Gasteiger partial charge is 0.407 e. The number of carbonyl (C=O) groups is 2. The van der Waals surface area contributed by atoms with Crippen molar-refractivity contribution in [2.24, 2.45) is 0 Å². The van der Waals surface area contributed by atoms with E-state index in [4.69, 9.17) is 16.3 Å². The van der Waals surface area contributed by atoms with E-state index in [1.165, 1.54) is 12.1 Å². The lowest BCUT2D eigenvalue weighted by Crippen LogP contribution is -2.32. The minimum Gasteiger partial charge on any atom is -0.478 e. The van der Waals surface area contributed by atoms with Crippen LogP contribution in [0, 0.1) is 0 Å². The zero-order valence-corrected chi connectivity index (χ0v) is 15.4. The number of carboxylic acid groups (broad SMARTS) is 1. The Morgan fingerprint density at radius 3 is 2.62 bits per heavy atom. The van der Waals surface area contributed by atoms with Crippen LogP contribution in [0.15, 0.2) is 36.4 Å². The molecule has 0 atom stereocenters. The van der Waals surface area contributed by atoms with Gasteiger partial charge >= 0.3 is 12.1 Å². The highest BCUT2D eigenvalue weighted by molar-refractivity contribution is 6.29. The maximum absolute atomic E-state index is 11.7. The Bertz CT molecular complexity index is 818. The summed E-state index contributed by atoms with van der Waals surface area (Å²) in [4.78, 5) is 27.0. The Balaban J connectivity index is 2.09. The molecule has 0 aliphatic rings. The first kappa shape index (κ1) is 19.5. The molecule has 0 aliphatic carbocycles. The molecule has 0 aliphatic heterocycles. The summed E-state index contributed by atoms with van der Waals surface area (Å²) in [6.07, 6.45) is -0.513. The first-order valence-corrected chi connectivity index (χ1v) is 8.24. The summed E-state index contributed by atoms with van der Waals surface area (Å²) in [6, 6.07) is 9.92. The van der Waals surface area contributed by atoms with Crippen molar-refractivity contribution in [3.8, 4) is 0 Å². The number of amides is 1. The molecule has 7 nitrogen and oxygen atoms in total. The van der Waals surface area contributed by atoms with Gasteiger partial charge in [0.15, 0.2) is 0 Å². The van der Waals surface area contributed by atoms with Gasteiger partial charge in [0, 0.05) is 12.2 Å². The number of benzene rings is 1. The molecular formula is C18H20ClN3O4. The summed E-state index contributed by atoms with van der Waals surface area (Å²) in [6.45, 7) is 5.62. The molecular weight excluding hydrogens is 358 g/mol. The Morgan fingerprint density at radius 2 is 1.96 bits per heavy atom. The standard InChI is InChI=1S/C18H20ClN3O4/c1-18(2,3)26-17(25)20-10-11-5-4-6-12(9-11)21-15-13(16(23)24)7-8-14(19)22-15/h4-9H,10H2,1-3H3,(H,20,25)(H,21,22)(H,23,24). The van der Waals surface area contributed by atoms with Gasteiger partial charge in [0.05, 0.1) is 0 Å². The maximum atomic E-state index is 11.7. The number of carbonyl (C=O) groups excluding carboxylic acids is 1. The fraction of sp³-hybridized carbons (Fsp3) is 0.278. The van der Waals surface area contributed by atoms with Crippen LogP contribution in [-0.2, 0) is 11.3 Å². The van der Waals surface area contributed by atoms with E-state index in [2.05, 4.69) is 15.6 Å². The number of ether oxygens (including phenoxy) is 1. The third-order valence-corrected chi connectivity index (χ3v) is 3.33. The Labute approximate surface area is 156 Å². The number of nitrogens with one attached hydrogen (secondary N) is 2. The summed E-state index contributed by atoms with van der Waals surface area (Å²) >= 11 is 5.85. The average molecular weight is 378 g/mol. The first-order valence-electron chi connectivity index (χ1n) is 7.87. The number of rotatable bonds is 5. The molecule has 2 rings (SSSR count). The van der Waals surface area contributed by atoms with Gasteiger partial charge in [-0.05, 0) is 50.6 Å². The normalized spacial score (nSPS) is 10.9. The third-order valence-electron chi connectivity index (χ3n) is 3.12. The predicted octanol–water partition coefficient (Wildman–Crippen LogP) is 4.20. The second-order valence-corrected chi connectivity index (χ2v) is 6.90. The van der Waals surface area contributed by atoms with Crippen LogP contribution in [0.1, 0.15) is 36.7 Å². The van der Waals surface area contributed by atoms with Crippen molar-refractivity contribution in [1.82, 2.24) is 10.3 Å². The second kappa shape index (κ2) is 8.05. The lowest BCUT2D eigenvalue weighted by molar-refractivity contribution is 0.0523. The summed E-state index contributed by atoms with van der Waals surface area (Å²) in [5.74, 6) is -0.971. The van der Waals surface area contributed by atoms with Gasteiger partial charge < -0.3 is 20.5 Å². The highest BCUT2D eigenvalue weighted by atomic mass is 35.5. The summed E-state index contributed by atoms with van der Waals surface area (Å²) in [5, 5.41) is 15.0. The third kappa shape index (κ3) is 5.93. The van der Waals surface area contributed by atoms with Gasteiger partial charge in [-0.25, -0.2) is 14.6 Å². The van der Waals surface area contributed by atoms with Crippen molar-refractivity contribution in [3.63, 3.8) is 0 Å². The maximum Gasteiger partial charge on any atom is 0.407 e. The van der Waals surface area contributed by atoms with E-state index in [9.17, 15) is 14.7 Å². The van der Waals surface area contributed by atoms with Gasteiger partial charge in [0.1, 0.15) is 22.1 Å². The van der Waals surface area contributed by atoms with Crippen molar-refractivity contribution < 1.29 is 19.4 Å². The topological polar surface area (TPSA) is 101 Å². The van der Waals surface area contributed by atoms with Gasteiger partial charge in [-0.3, -0.25) is 0 Å². The van der Waals surface area contributed by atoms with Gasteiger partial charge in [-0.1, -0.05) is 23.7 Å². The number of halogens is 1. The van der Waals surface area contributed by atoms with Crippen LogP contribution in [-0.4, -0.2) is 27.8 Å². The summed E-state index contributed by atoms with van der Waals surface area (Å²) in [5.41, 5.74) is 0.857. The van der Waals surface area contributed by atoms with Crippen LogP contribution in [0.25, 0.3) is 0 Å². The van der Waals surface area contributed by atoms with E-state index in [-0.39, 0.29) is 23.1 Å². The predicted molar refractivity (Wildman–Crippen MR) is 99.0 cm³/mol. The van der Waals surface area contributed by atoms with E-state index < -0.39 is 17.7 Å². The molecule has 0 bridgehead atoms. The van der Waals surface area contributed by atoms with E-state index in [0.29, 0.717) is 5.69 Å². The van der Waals surface area contributed by atoms with Gasteiger partial charge in [0.25, 0.3) is 0 Å². The Kier molecular flexibility index (Phi) is 6.05. The van der Waals surface area contributed by atoms with Crippen LogP contribution in [0.2, 0.25) is 5.15 Å². The lowest BCUT2D eigenvalue weighted by Gasteiger charge is -2.19. The number of hydrogen-bond acceptors (Lipinski definition) is 5. The van der Waals surface area contributed by atoms with E-state index in [1.54, 1.807) is 39.0 Å². The van der Waals surface area contributed by atoms with Gasteiger partial charge in [-0.15, -0.1) is 0 Å². The molecule has 0 saturated carbocycles. The monoisotopic (exact) mass is 377 g/mol. The summed E-state index contributed by atoms with van der Waals surface area (Å²) in [7, 11) is 0. The van der Waals surface area contributed by atoms with Crippen molar-refractivity contribution in [3.05, 3.63) is 52.7 Å². The molecule has 0 radical (unpaired) electrons. The highest BCUT2D eigenvalue weighted by Crippen LogP contribution is 2.22. The van der Waals surface area contributed by atoms with Crippen molar-refractivity contribution in [1.29, 1.82) is 0 Å². The zero-order chi connectivity index (χ0) is 19.3. The fourth-order valence-corrected chi connectivity index (χ4v) is 2.23. The molecule has 1 aromatic heterocycles. The van der Waals surface area contributed by atoms with Crippen LogP contribution in [0.4, 0.5) is 16.3 Å². The molecule has 1 heterocycles. The quantitative estimate of drug-likeness (QED) is 0.675. The van der Waals surface area contributed by atoms with E-state index >= 15 is 0 Å². The number of anilines is 2. The zero-order valence-electron chi connectivity index (χ0n) is 14.7. The van der Waals surface area contributed by atoms with Gasteiger partial charge in [-0.2, -0.15) is 0 Å². The van der Waals surface area contributed by atoms with Crippen LogP contribution in [0.3, 0.4) is 0 Å². The molecule has 3 N–H and O–H groups in total. The van der Waals surface area contributed by atoms with Gasteiger partial charge in [0.2, 0.25) is 0 Å². The molecule has 138 valence electrons. The highest BCUT2D eigenvalue weighted by Gasteiger charge is 2.16. The number of carboxylic acids is 1.